The zero-order valence-electron chi connectivity index (χ0n) is 16.1. The summed E-state index contributed by atoms with van der Waals surface area (Å²) in [6, 6.07) is 18.7. The van der Waals surface area contributed by atoms with Crippen molar-refractivity contribution in [1.82, 2.24) is 10.3 Å². The standard InChI is InChI=1S/C22H19ClN4O3/c1-30-21(29)16-10-8-15(9-11-16)20(28)27-22(25-14-19-6-2-3-12-24-19)26-18-7-4-5-17(23)13-18/h2-13H,14H2,1H3,(H2,25,26,27,28). The van der Waals surface area contributed by atoms with E-state index in [0.717, 1.165) is 5.69 Å². The third-order valence-electron chi connectivity index (χ3n) is 4.01. The van der Waals surface area contributed by atoms with Crippen LogP contribution in [0.1, 0.15) is 26.4 Å². The molecule has 1 heterocycles. The second-order valence-electron chi connectivity index (χ2n) is 6.14. The van der Waals surface area contributed by atoms with Crippen molar-refractivity contribution in [1.29, 1.82) is 0 Å². The van der Waals surface area contributed by atoms with E-state index in [1.54, 1.807) is 30.5 Å². The number of carbonyl (C=O) groups excluding carboxylic acids is 2. The lowest BCUT2D eigenvalue weighted by molar-refractivity contribution is 0.0600. The summed E-state index contributed by atoms with van der Waals surface area (Å²) >= 11 is 6.04. The van der Waals surface area contributed by atoms with E-state index in [1.807, 2.05) is 18.2 Å². The van der Waals surface area contributed by atoms with Crippen molar-refractivity contribution in [3.05, 3.63) is 94.8 Å². The number of carbonyl (C=O) groups is 2. The van der Waals surface area contributed by atoms with Gasteiger partial charge in [0.15, 0.2) is 0 Å². The molecular formula is C22H19ClN4O3. The van der Waals surface area contributed by atoms with Gasteiger partial charge in [-0.2, -0.15) is 0 Å². The normalized spacial score (nSPS) is 10.9. The van der Waals surface area contributed by atoms with Crippen molar-refractivity contribution < 1.29 is 14.3 Å². The van der Waals surface area contributed by atoms with Gasteiger partial charge >= 0.3 is 5.97 Å². The van der Waals surface area contributed by atoms with E-state index >= 15 is 0 Å². The monoisotopic (exact) mass is 422 g/mol. The Balaban J connectivity index is 1.78. The van der Waals surface area contributed by atoms with E-state index in [0.29, 0.717) is 21.8 Å². The number of rotatable bonds is 5. The highest BCUT2D eigenvalue weighted by Gasteiger charge is 2.12. The number of anilines is 1. The maximum atomic E-state index is 12.7. The summed E-state index contributed by atoms with van der Waals surface area (Å²) in [4.78, 5) is 32.9. The van der Waals surface area contributed by atoms with Crippen molar-refractivity contribution in [3.8, 4) is 0 Å². The van der Waals surface area contributed by atoms with E-state index in [4.69, 9.17) is 11.6 Å². The molecule has 1 aromatic heterocycles. The van der Waals surface area contributed by atoms with E-state index in [9.17, 15) is 9.59 Å². The highest BCUT2D eigenvalue weighted by molar-refractivity contribution is 6.31. The molecular weight excluding hydrogens is 404 g/mol. The van der Waals surface area contributed by atoms with E-state index in [1.165, 1.54) is 31.4 Å². The first-order valence-corrected chi connectivity index (χ1v) is 9.39. The predicted molar refractivity (Wildman–Crippen MR) is 116 cm³/mol. The average Bonchev–Trinajstić information content (AvgIpc) is 2.77. The van der Waals surface area contributed by atoms with Gasteiger partial charge in [-0.05, 0) is 54.6 Å². The number of benzene rings is 2. The second kappa shape index (κ2) is 10.2. The number of pyridine rings is 1. The molecule has 152 valence electrons. The van der Waals surface area contributed by atoms with Gasteiger partial charge in [-0.1, -0.05) is 23.7 Å². The molecule has 0 saturated heterocycles. The third kappa shape index (κ3) is 5.89. The van der Waals surface area contributed by atoms with E-state index in [-0.39, 0.29) is 18.4 Å². The number of nitrogens with one attached hydrogen (secondary N) is 2. The number of methoxy groups -OCH3 is 1. The van der Waals surface area contributed by atoms with Crippen LogP contribution >= 0.6 is 11.6 Å². The molecule has 0 aliphatic rings. The summed E-state index contributed by atoms with van der Waals surface area (Å²) in [5, 5.41) is 6.36. The van der Waals surface area contributed by atoms with Gasteiger partial charge in [-0.3, -0.25) is 15.1 Å². The van der Waals surface area contributed by atoms with Crippen LogP contribution in [0.2, 0.25) is 5.02 Å². The Kier molecular flexibility index (Phi) is 7.13. The summed E-state index contributed by atoms with van der Waals surface area (Å²) in [5.74, 6) is -0.618. The van der Waals surface area contributed by atoms with Crippen LogP contribution < -0.4 is 10.6 Å². The summed E-state index contributed by atoms with van der Waals surface area (Å²) in [6.07, 6.45) is 1.68. The smallest absolute Gasteiger partial charge is 0.337 e. The number of guanidine groups is 1. The predicted octanol–water partition coefficient (Wildman–Crippen LogP) is 3.92. The molecule has 3 aromatic rings. The number of hydrogen-bond acceptors (Lipinski definition) is 5. The average molecular weight is 423 g/mol. The number of hydrogen-bond donors (Lipinski definition) is 2. The van der Waals surface area contributed by atoms with E-state index < -0.39 is 5.97 Å². The molecule has 0 unspecified atom stereocenters. The molecule has 2 aromatic carbocycles. The quantitative estimate of drug-likeness (QED) is 0.369. The van der Waals surface area contributed by atoms with Crippen LogP contribution in [0.4, 0.5) is 5.69 Å². The Bertz CT molecular complexity index is 1050. The summed E-state index contributed by atoms with van der Waals surface area (Å²) in [5.41, 5.74) is 2.14. The van der Waals surface area contributed by atoms with Gasteiger partial charge in [0.2, 0.25) is 5.96 Å². The van der Waals surface area contributed by atoms with Crippen molar-refractivity contribution in [2.45, 2.75) is 6.54 Å². The molecule has 0 bridgehead atoms. The zero-order chi connectivity index (χ0) is 21.3. The first-order chi connectivity index (χ1) is 14.5. The van der Waals surface area contributed by atoms with Crippen molar-refractivity contribution in [2.24, 2.45) is 4.99 Å². The SMILES string of the molecule is COC(=O)c1ccc(C(=O)NC(=NCc2ccccn2)Nc2cccc(Cl)c2)cc1. The topological polar surface area (TPSA) is 92.7 Å². The number of nitrogens with zero attached hydrogens (tertiary/aromatic N) is 2. The first kappa shape index (κ1) is 21.0. The number of esters is 1. The van der Waals surface area contributed by atoms with Crippen molar-refractivity contribution >= 4 is 35.1 Å². The highest BCUT2D eigenvalue weighted by Crippen LogP contribution is 2.15. The molecule has 7 nitrogen and oxygen atoms in total. The van der Waals surface area contributed by atoms with Crippen LogP contribution in [0.5, 0.6) is 0 Å². The second-order valence-corrected chi connectivity index (χ2v) is 6.58. The largest absolute Gasteiger partial charge is 0.465 e. The van der Waals surface area contributed by atoms with Gasteiger partial charge < -0.3 is 10.1 Å². The molecule has 0 atom stereocenters. The lowest BCUT2D eigenvalue weighted by Gasteiger charge is -2.12. The summed E-state index contributed by atoms with van der Waals surface area (Å²) < 4.78 is 4.67. The Morgan fingerprint density at radius 2 is 1.80 bits per heavy atom. The fraction of sp³-hybridized carbons (Fsp3) is 0.0909. The molecule has 1 amide bonds. The molecule has 8 heteroatoms. The zero-order valence-corrected chi connectivity index (χ0v) is 16.9. The molecule has 30 heavy (non-hydrogen) atoms. The number of aromatic nitrogens is 1. The first-order valence-electron chi connectivity index (χ1n) is 9.02. The van der Waals surface area contributed by atoms with Crippen LogP contribution in [0, 0.1) is 0 Å². The summed E-state index contributed by atoms with van der Waals surface area (Å²) in [7, 11) is 1.30. The molecule has 0 aliphatic carbocycles. The van der Waals surface area contributed by atoms with Crippen LogP contribution in [-0.2, 0) is 11.3 Å². The van der Waals surface area contributed by atoms with Gasteiger partial charge in [0, 0.05) is 22.5 Å². The Hall–Kier alpha value is -3.71. The van der Waals surface area contributed by atoms with Crippen LogP contribution in [-0.4, -0.2) is 29.9 Å². The fourth-order valence-electron chi connectivity index (χ4n) is 2.52. The van der Waals surface area contributed by atoms with Crippen molar-refractivity contribution in [3.63, 3.8) is 0 Å². The number of amides is 1. The lowest BCUT2D eigenvalue weighted by atomic mass is 10.1. The molecule has 0 spiro atoms. The maximum Gasteiger partial charge on any atom is 0.337 e. The molecule has 0 saturated carbocycles. The third-order valence-corrected chi connectivity index (χ3v) is 4.25. The molecule has 0 radical (unpaired) electrons. The minimum absolute atomic E-state index is 0.241. The van der Waals surface area contributed by atoms with Gasteiger partial charge in [0.05, 0.1) is 24.9 Å². The molecule has 0 fully saturated rings. The minimum Gasteiger partial charge on any atom is -0.465 e. The van der Waals surface area contributed by atoms with Crippen LogP contribution in [0.25, 0.3) is 0 Å². The van der Waals surface area contributed by atoms with Crippen LogP contribution in [0.15, 0.2) is 77.9 Å². The number of ether oxygens (including phenoxy) is 1. The van der Waals surface area contributed by atoms with Gasteiger partial charge in [-0.25, -0.2) is 9.79 Å². The van der Waals surface area contributed by atoms with E-state index in [2.05, 4.69) is 25.3 Å². The Labute approximate surface area is 178 Å². The lowest BCUT2D eigenvalue weighted by Crippen LogP contribution is -2.36. The molecule has 0 aliphatic heterocycles. The fourth-order valence-corrected chi connectivity index (χ4v) is 2.71. The van der Waals surface area contributed by atoms with Gasteiger partial charge in [0.25, 0.3) is 5.91 Å². The van der Waals surface area contributed by atoms with Gasteiger partial charge in [-0.15, -0.1) is 0 Å². The van der Waals surface area contributed by atoms with Crippen molar-refractivity contribution in [2.75, 3.05) is 12.4 Å². The Morgan fingerprint density at radius 3 is 2.47 bits per heavy atom. The van der Waals surface area contributed by atoms with Crippen LogP contribution in [0.3, 0.4) is 0 Å². The molecule has 3 rings (SSSR count). The Morgan fingerprint density at radius 1 is 1.03 bits per heavy atom. The van der Waals surface area contributed by atoms with Gasteiger partial charge in [0.1, 0.15) is 0 Å². The molecule has 2 N–H and O–H groups in total. The number of aliphatic imine (C=N–C) groups is 1. The summed E-state index contributed by atoms with van der Waals surface area (Å²) in [6.45, 7) is 0.269. The highest BCUT2D eigenvalue weighted by atomic mass is 35.5. The maximum absolute atomic E-state index is 12.7. The minimum atomic E-state index is -0.470. The number of halogens is 1.